The second-order valence-electron chi connectivity index (χ2n) is 6.71. The van der Waals surface area contributed by atoms with Crippen LogP contribution in [0.2, 0.25) is 0 Å². The highest BCUT2D eigenvalue weighted by atomic mass is 19.1. The largest absolute Gasteiger partial charge is 0.392 e. The molecule has 0 aliphatic heterocycles. The number of rotatable bonds is 8. The van der Waals surface area contributed by atoms with Gasteiger partial charge >= 0.3 is 0 Å². The fourth-order valence-electron chi connectivity index (χ4n) is 2.91. The zero-order valence-electron chi connectivity index (χ0n) is 15.6. The summed E-state index contributed by atoms with van der Waals surface area (Å²) in [6, 6.07) is 14.9. The van der Waals surface area contributed by atoms with Gasteiger partial charge in [-0.3, -0.25) is 0 Å². The summed E-state index contributed by atoms with van der Waals surface area (Å²) in [6.45, 7) is 4.81. The average Bonchev–Trinajstić information content (AvgIpc) is 3.12. The minimum absolute atomic E-state index is 0.282. The summed E-state index contributed by atoms with van der Waals surface area (Å²) >= 11 is 0. The van der Waals surface area contributed by atoms with Gasteiger partial charge in [0.25, 0.3) is 0 Å². The van der Waals surface area contributed by atoms with Crippen molar-refractivity contribution in [3.63, 3.8) is 0 Å². The molecular formula is C21H24FN3O2. The van der Waals surface area contributed by atoms with Gasteiger partial charge in [0.05, 0.1) is 6.10 Å². The van der Waals surface area contributed by atoms with Crippen LogP contribution in [0, 0.1) is 12.7 Å². The van der Waals surface area contributed by atoms with Crippen LogP contribution in [0.4, 0.5) is 10.1 Å². The van der Waals surface area contributed by atoms with Crippen molar-refractivity contribution in [1.82, 2.24) is 10.1 Å². The van der Waals surface area contributed by atoms with Gasteiger partial charge in [0, 0.05) is 30.8 Å². The van der Waals surface area contributed by atoms with E-state index >= 15 is 0 Å². The third-order valence-corrected chi connectivity index (χ3v) is 4.32. The highest BCUT2D eigenvalue weighted by Crippen LogP contribution is 2.20. The Morgan fingerprint density at radius 2 is 1.96 bits per heavy atom. The Kier molecular flexibility index (Phi) is 6.19. The normalized spacial score (nSPS) is 12.1. The molecule has 0 amide bonds. The van der Waals surface area contributed by atoms with Gasteiger partial charge < -0.3 is 14.5 Å². The van der Waals surface area contributed by atoms with E-state index in [4.69, 9.17) is 4.52 Å². The quantitative estimate of drug-likeness (QED) is 0.650. The zero-order valence-corrected chi connectivity index (χ0v) is 15.6. The van der Waals surface area contributed by atoms with Crippen molar-refractivity contribution in [3.05, 3.63) is 65.8 Å². The van der Waals surface area contributed by atoms with Gasteiger partial charge in [0.15, 0.2) is 0 Å². The fourth-order valence-corrected chi connectivity index (χ4v) is 2.91. The van der Waals surface area contributed by atoms with Crippen LogP contribution in [-0.4, -0.2) is 34.4 Å². The van der Waals surface area contributed by atoms with E-state index in [1.807, 2.05) is 30.3 Å². The number of para-hydroxylation sites is 1. The number of nitrogens with zero attached hydrogens (tertiary/aromatic N) is 3. The number of anilines is 1. The van der Waals surface area contributed by atoms with Crippen LogP contribution in [0.3, 0.4) is 0 Å². The topological polar surface area (TPSA) is 62.4 Å². The van der Waals surface area contributed by atoms with Crippen molar-refractivity contribution in [2.45, 2.75) is 32.8 Å². The maximum absolute atomic E-state index is 13.7. The van der Waals surface area contributed by atoms with E-state index in [9.17, 15) is 9.50 Å². The Hall–Kier alpha value is -2.73. The van der Waals surface area contributed by atoms with Crippen molar-refractivity contribution in [3.8, 4) is 11.4 Å². The summed E-state index contributed by atoms with van der Waals surface area (Å²) in [4.78, 5) is 6.51. The van der Waals surface area contributed by atoms with E-state index in [-0.39, 0.29) is 5.82 Å². The van der Waals surface area contributed by atoms with Crippen LogP contribution >= 0.6 is 0 Å². The highest BCUT2D eigenvalue weighted by molar-refractivity contribution is 5.55. The van der Waals surface area contributed by atoms with Gasteiger partial charge in [-0.1, -0.05) is 35.5 Å². The molecule has 0 aliphatic carbocycles. The average molecular weight is 369 g/mol. The Labute approximate surface area is 158 Å². The van der Waals surface area contributed by atoms with E-state index in [1.54, 1.807) is 26.0 Å². The van der Waals surface area contributed by atoms with Crippen molar-refractivity contribution in [2.24, 2.45) is 0 Å². The zero-order chi connectivity index (χ0) is 19.2. The number of halogens is 1. The Balaban J connectivity index is 1.61. The molecule has 0 fully saturated rings. The van der Waals surface area contributed by atoms with Crippen LogP contribution in [0.25, 0.3) is 11.4 Å². The minimum atomic E-state index is -0.420. The van der Waals surface area contributed by atoms with E-state index in [2.05, 4.69) is 15.0 Å². The molecule has 27 heavy (non-hydrogen) atoms. The molecule has 3 rings (SSSR count). The number of hydrogen-bond acceptors (Lipinski definition) is 5. The minimum Gasteiger partial charge on any atom is -0.392 e. The second kappa shape index (κ2) is 8.77. The third kappa shape index (κ3) is 5.14. The predicted molar refractivity (Wildman–Crippen MR) is 103 cm³/mol. The molecule has 2 aromatic carbocycles. The van der Waals surface area contributed by atoms with Crippen LogP contribution in [-0.2, 0) is 6.42 Å². The molecule has 6 heteroatoms. The van der Waals surface area contributed by atoms with Crippen molar-refractivity contribution in [2.75, 3.05) is 18.0 Å². The highest BCUT2D eigenvalue weighted by Gasteiger charge is 2.13. The monoisotopic (exact) mass is 369 g/mol. The van der Waals surface area contributed by atoms with Crippen molar-refractivity contribution < 1.29 is 14.0 Å². The van der Waals surface area contributed by atoms with Crippen molar-refractivity contribution >= 4 is 5.69 Å². The van der Waals surface area contributed by atoms with Crippen molar-refractivity contribution in [1.29, 1.82) is 0 Å². The lowest BCUT2D eigenvalue weighted by atomic mass is 10.1. The first kappa shape index (κ1) is 19.0. The number of aliphatic hydroxyl groups excluding tert-OH is 1. The van der Waals surface area contributed by atoms with Crippen LogP contribution < -0.4 is 4.90 Å². The number of aryl methyl sites for hydroxylation is 2. The number of aliphatic hydroxyl groups is 1. The summed E-state index contributed by atoms with van der Waals surface area (Å²) in [5.41, 5.74) is 2.26. The fraction of sp³-hybridized carbons (Fsp3) is 0.333. The first-order chi connectivity index (χ1) is 13.0. The predicted octanol–water partition coefficient (Wildman–Crippen LogP) is 4.00. The molecular weight excluding hydrogens is 345 g/mol. The first-order valence-corrected chi connectivity index (χ1v) is 9.10. The lowest BCUT2D eigenvalue weighted by Gasteiger charge is -2.26. The lowest BCUT2D eigenvalue weighted by Crippen LogP contribution is -2.32. The SMILES string of the molecule is Cc1ccc(-c2noc(CCCN(CC(C)O)c3ccccc3)n2)cc1F. The van der Waals surface area contributed by atoms with Crippen LogP contribution in [0.5, 0.6) is 0 Å². The van der Waals surface area contributed by atoms with Gasteiger partial charge in [0.1, 0.15) is 5.82 Å². The maximum atomic E-state index is 13.7. The third-order valence-electron chi connectivity index (χ3n) is 4.32. The van der Waals surface area contributed by atoms with Crippen LogP contribution in [0.15, 0.2) is 53.1 Å². The van der Waals surface area contributed by atoms with Gasteiger partial charge in [-0.25, -0.2) is 4.39 Å². The van der Waals surface area contributed by atoms with E-state index in [0.29, 0.717) is 35.8 Å². The number of aromatic nitrogens is 2. The molecule has 5 nitrogen and oxygen atoms in total. The number of hydrogen-bond donors (Lipinski definition) is 1. The molecule has 0 saturated heterocycles. The Morgan fingerprint density at radius 3 is 2.67 bits per heavy atom. The van der Waals surface area contributed by atoms with E-state index in [1.165, 1.54) is 6.07 Å². The maximum Gasteiger partial charge on any atom is 0.227 e. The van der Waals surface area contributed by atoms with Gasteiger partial charge in [-0.05, 0) is 44.0 Å². The molecule has 1 atom stereocenters. The Morgan fingerprint density at radius 1 is 1.19 bits per heavy atom. The summed E-state index contributed by atoms with van der Waals surface area (Å²) in [7, 11) is 0. The molecule has 0 saturated carbocycles. The molecule has 0 aliphatic rings. The lowest BCUT2D eigenvalue weighted by molar-refractivity contribution is 0.199. The number of benzene rings is 2. The second-order valence-corrected chi connectivity index (χ2v) is 6.71. The summed E-state index contributed by atoms with van der Waals surface area (Å²) < 4.78 is 19.0. The van der Waals surface area contributed by atoms with Gasteiger partial charge in [-0.15, -0.1) is 0 Å². The molecule has 0 bridgehead atoms. The molecule has 0 radical (unpaired) electrons. The van der Waals surface area contributed by atoms with E-state index in [0.717, 1.165) is 18.7 Å². The first-order valence-electron chi connectivity index (χ1n) is 9.10. The summed E-state index contributed by atoms with van der Waals surface area (Å²) in [6.07, 6.45) is 0.993. The molecule has 1 aromatic heterocycles. The van der Waals surface area contributed by atoms with Gasteiger partial charge in [-0.2, -0.15) is 4.98 Å². The Bertz CT molecular complexity index is 865. The van der Waals surface area contributed by atoms with Gasteiger partial charge in [0.2, 0.25) is 11.7 Å². The molecule has 0 spiro atoms. The summed E-state index contributed by atoms with van der Waals surface area (Å²) in [5.74, 6) is 0.638. The molecule has 142 valence electrons. The standard InChI is InChI=1S/C21H24FN3O2/c1-15-10-11-17(13-19(15)22)21-23-20(27-24-21)9-6-12-25(14-16(2)26)18-7-4-3-5-8-18/h3-5,7-8,10-11,13,16,26H,6,9,12,14H2,1-2H3. The molecule has 1 heterocycles. The molecule has 3 aromatic rings. The van der Waals surface area contributed by atoms with E-state index < -0.39 is 6.10 Å². The smallest absolute Gasteiger partial charge is 0.227 e. The van der Waals surface area contributed by atoms with Crippen LogP contribution in [0.1, 0.15) is 24.8 Å². The summed E-state index contributed by atoms with van der Waals surface area (Å²) in [5, 5.41) is 13.7. The molecule has 1 unspecified atom stereocenters. The molecule has 1 N–H and O–H groups in total.